The third kappa shape index (κ3) is 4.73. The highest BCUT2D eigenvalue weighted by Crippen LogP contribution is 2.51. The number of nitrogens with zero attached hydrogens (tertiary/aromatic N) is 1. The second-order valence-corrected chi connectivity index (χ2v) is 6.34. The summed E-state index contributed by atoms with van der Waals surface area (Å²) in [4.78, 5) is 24.2. The molecule has 0 aliphatic heterocycles. The Kier molecular flexibility index (Phi) is 5.20. The Morgan fingerprint density at radius 1 is 1.26 bits per heavy atom. The van der Waals surface area contributed by atoms with Crippen LogP contribution < -0.4 is 5.32 Å². The molecule has 19 heavy (non-hydrogen) atoms. The number of carbonyl (C=O) groups excluding carboxylic acids is 1. The molecule has 1 aliphatic carbocycles. The van der Waals surface area contributed by atoms with Gasteiger partial charge in [0.05, 0.1) is 0 Å². The van der Waals surface area contributed by atoms with E-state index < -0.39 is 5.97 Å². The molecule has 1 aliphatic rings. The fourth-order valence-corrected chi connectivity index (χ4v) is 2.31. The number of amides is 2. The van der Waals surface area contributed by atoms with Gasteiger partial charge < -0.3 is 15.3 Å². The highest BCUT2D eigenvalue weighted by molar-refractivity contribution is 5.80. The number of urea groups is 1. The summed E-state index contributed by atoms with van der Waals surface area (Å²) in [7, 11) is 0. The van der Waals surface area contributed by atoms with Crippen LogP contribution >= 0.6 is 0 Å². The monoisotopic (exact) mass is 270 g/mol. The number of hydrogen-bond donors (Lipinski definition) is 2. The van der Waals surface area contributed by atoms with Gasteiger partial charge >= 0.3 is 12.0 Å². The number of rotatable bonds is 7. The fraction of sp³-hybridized carbons (Fsp3) is 0.857. The summed E-state index contributed by atoms with van der Waals surface area (Å²) < 4.78 is 0. The molecule has 110 valence electrons. The smallest absolute Gasteiger partial charge is 0.323 e. The standard InChI is InChI=1S/C14H26N2O3/c1-10(2)7-16(8-12(17)18)13(19)15-9-14(5-6-14)11(3)4/h10-11H,5-9H2,1-4H3,(H,15,19)(H,17,18). The molecular weight excluding hydrogens is 244 g/mol. The van der Waals surface area contributed by atoms with Crippen LogP contribution in [0.3, 0.4) is 0 Å². The van der Waals surface area contributed by atoms with Crippen LogP contribution in [-0.4, -0.2) is 41.6 Å². The molecule has 5 nitrogen and oxygen atoms in total. The molecule has 0 spiro atoms. The molecule has 1 rings (SSSR count). The van der Waals surface area contributed by atoms with Crippen molar-refractivity contribution in [3.8, 4) is 0 Å². The van der Waals surface area contributed by atoms with Crippen molar-refractivity contribution in [3.05, 3.63) is 0 Å². The van der Waals surface area contributed by atoms with E-state index in [1.54, 1.807) is 0 Å². The molecule has 0 aromatic carbocycles. The third-order valence-corrected chi connectivity index (χ3v) is 3.91. The topological polar surface area (TPSA) is 69.6 Å². The van der Waals surface area contributed by atoms with Crippen molar-refractivity contribution in [1.82, 2.24) is 10.2 Å². The van der Waals surface area contributed by atoms with Crippen LogP contribution in [0, 0.1) is 17.3 Å². The van der Waals surface area contributed by atoms with Gasteiger partial charge in [-0.05, 0) is 30.1 Å². The first-order chi connectivity index (χ1) is 8.77. The molecule has 0 bridgehead atoms. The second-order valence-electron chi connectivity index (χ2n) is 6.34. The number of carboxylic acid groups (broad SMARTS) is 1. The summed E-state index contributed by atoms with van der Waals surface area (Å²) in [5, 5.41) is 11.8. The molecule has 0 radical (unpaired) electrons. The van der Waals surface area contributed by atoms with E-state index in [-0.39, 0.29) is 23.9 Å². The lowest BCUT2D eigenvalue weighted by molar-refractivity contribution is -0.137. The average molecular weight is 270 g/mol. The first-order valence-electron chi connectivity index (χ1n) is 7.01. The highest BCUT2D eigenvalue weighted by atomic mass is 16.4. The van der Waals surface area contributed by atoms with E-state index in [1.165, 1.54) is 4.90 Å². The predicted octanol–water partition coefficient (Wildman–Crippen LogP) is 2.17. The molecular formula is C14H26N2O3. The molecule has 1 fully saturated rings. The Morgan fingerprint density at radius 3 is 2.21 bits per heavy atom. The summed E-state index contributed by atoms with van der Waals surface area (Å²) in [5.74, 6) is -0.170. The SMILES string of the molecule is CC(C)CN(CC(=O)O)C(=O)NCC1(C(C)C)CC1. The lowest BCUT2D eigenvalue weighted by Crippen LogP contribution is -2.46. The van der Waals surface area contributed by atoms with Crippen molar-refractivity contribution in [2.45, 2.75) is 40.5 Å². The number of aliphatic carboxylic acids is 1. The van der Waals surface area contributed by atoms with Gasteiger partial charge in [0.25, 0.3) is 0 Å². The maximum absolute atomic E-state index is 12.1. The summed E-state index contributed by atoms with van der Waals surface area (Å²) >= 11 is 0. The Morgan fingerprint density at radius 2 is 1.84 bits per heavy atom. The maximum Gasteiger partial charge on any atom is 0.323 e. The van der Waals surface area contributed by atoms with Crippen molar-refractivity contribution in [1.29, 1.82) is 0 Å². The van der Waals surface area contributed by atoms with Crippen LogP contribution in [0.2, 0.25) is 0 Å². The minimum absolute atomic E-state index is 0.237. The zero-order valence-electron chi connectivity index (χ0n) is 12.4. The van der Waals surface area contributed by atoms with Crippen LogP contribution in [0.15, 0.2) is 0 Å². The van der Waals surface area contributed by atoms with Gasteiger partial charge in [-0.25, -0.2) is 4.79 Å². The normalized spacial score (nSPS) is 16.5. The Hall–Kier alpha value is -1.26. The summed E-state index contributed by atoms with van der Waals surface area (Å²) in [5.41, 5.74) is 0.238. The zero-order valence-corrected chi connectivity index (χ0v) is 12.4. The first kappa shape index (κ1) is 15.8. The van der Waals surface area contributed by atoms with Gasteiger partial charge in [-0.15, -0.1) is 0 Å². The van der Waals surface area contributed by atoms with E-state index in [2.05, 4.69) is 19.2 Å². The third-order valence-electron chi connectivity index (χ3n) is 3.91. The van der Waals surface area contributed by atoms with Gasteiger partial charge in [0.15, 0.2) is 0 Å². The number of hydrogen-bond acceptors (Lipinski definition) is 2. The second kappa shape index (κ2) is 6.26. The largest absolute Gasteiger partial charge is 0.480 e. The number of carbonyl (C=O) groups is 2. The Balaban J connectivity index is 2.50. The quantitative estimate of drug-likeness (QED) is 0.745. The van der Waals surface area contributed by atoms with Crippen LogP contribution in [0.1, 0.15) is 40.5 Å². The highest BCUT2D eigenvalue weighted by Gasteiger charge is 2.45. The van der Waals surface area contributed by atoms with Gasteiger partial charge in [-0.1, -0.05) is 27.7 Å². The first-order valence-corrected chi connectivity index (χ1v) is 7.01. The van der Waals surface area contributed by atoms with Crippen molar-refractivity contribution < 1.29 is 14.7 Å². The van der Waals surface area contributed by atoms with Crippen LogP contribution in [0.5, 0.6) is 0 Å². The molecule has 2 N–H and O–H groups in total. The van der Waals surface area contributed by atoms with Crippen molar-refractivity contribution in [3.63, 3.8) is 0 Å². The van der Waals surface area contributed by atoms with Gasteiger partial charge in [0, 0.05) is 13.1 Å². The summed E-state index contributed by atoms with van der Waals surface area (Å²) in [6.45, 7) is 9.16. The summed E-state index contributed by atoms with van der Waals surface area (Å²) in [6, 6.07) is -0.261. The maximum atomic E-state index is 12.1. The van der Waals surface area contributed by atoms with Crippen molar-refractivity contribution in [2.24, 2.45) is 17.3 Å². The molecule has 0 saturated heterocycles. The van der Waals surface area contributed by atoms with E-state index in [0.29, 0.717) is 19.0 Å². The molecule has 1 saturated carbocycles. The van der Waals surface area contributed by atoms with E-state index in [0.717, 1.165) is 12.8 Å². The average Bonchev–Trinajstić information content (AvgIpc) is 3.04. The fourth-order valence-electron chi connectivity index (χ4n) is 2.31. The van der Waals surface area contributed by atoms with E-state index in [1.807, 2.05) is 13.8 Å². The molecule has 0 unspecified atom stereocenters. The van der Waals surface area contributed by atoms with E-state index >= 15 is 0 Å². The van der Waals surface area contributed by atoms with E-state index in [9.17, 15) is 9.59 Å². The van der Waals surface area contributed by atoms with Crippen LogP contribution in [0.25, 0.3) is 0 Å². The van der Waals surface area contributed by atoms with Gasteiger partial charge in [0.1, 0.15) is 6.54 Å². The molecule has 0 aromatic heterocycles. The van der Waals surface area contributed by atoms with Gasteiger partial charge in [-0.3, -0.25) is 4.79 Å². The molecule has 2 amide bonds. The zero-order chi connectivity index (χ0) is 14.6. The lowest BCUT2D eigenvalue weighted by atomic mass is 9.92. The van der Waals surface area contributed by atoms with Crippen LogP contribution in [0.4, 0.5) is 4.79 Å². The minimum Gasteiger partial charge on any atom is -0.480 e. The predicted molar refractivity (Wildman–Crippen MR) is 74.0 cm³/mol. The minimum atomic E-state index is -0.971. The number of carboxylic acids is 1. The van der Waals surface area contributed by atoms with E-state index in [4.69, 9.17) is 5.11 Å². The van der Waals surface area contributed by atoms with Gasteiger partial charge in [0.2, 0.25) is 0 Å². The lowest BCUT2D eigenvalue weighted by Gasteiger charge is -2.26. The van der Waals surface area contributed by atoms with Crippen molar-refractivity contribution >= 4 is 12.0 Å². The van der Waals surface area contributed by atoms with Crippen molar-refractivity contribution in [2.75, 3.05) is 19.6 Å². The molecule has 5 heteroatoms. The van der Waals surface area contributed by atoms with Gasteiger partial charge in [-0.2, -0.15) is 0 Å². The molecule has 0 aromatic rings. The Bertz CT molecular complexity index is 336. The Labute approximate surface area is 115 Å². The summed E-state index contributed by atoms with van der Waals surface area (Å²) in [6.07, 6.45) is 2.29. The molecule has 0 atom stereocenters. The molecule has 0 heterocycles. The van der Waals surface area contributed by atoms with Crippen LogP contribution in [-0.2, 0) is 4.79 Å². The number of nitrogens with one attached hydrogen (secondary N) is 1.